The smallest absolute Gasteiger partial charge is 0.457 e. The summed E-state index contributed by atoms with van der Waals surface area (Å²) >= 11 is 0. The minimum Gasteiger partial charge on any atom is -0.457 e. The number of aliphatic hydroxyl groups is 1. The maximum absolute atomic E-state index is 13.4. The van der Waals surface area contributed by atoms with Crippen LogP contribution in [-0.2, 0) is 0 Å². The Hall–Kier alpha value is -3.31. The largest absolute Gasteiger partial charge is 0.461 e. The zero-order valence-corrected chi connectivity index (χ0v) is 18.8. The van der Waals surface area contributed by atoms with Crippen LogP contribution in [0, 0.1) is 6.92 Å². The molecular weight excluding hydrogens is 495 g/mol. The van der Waals surface area contributed by atoms with Crippen LogP contribution in [0.1, 0.15) is 22.7 Å². The first-order chi connectivity index (χ1) is 16.8. The highest BCUT2D eigenvalue weighted by Crippen LogP contribution is 2.33. The number of halogens is 7. The normalized spacial score (nSPS) is 13.9. The van der Waals surface area contributed by atoms with Gasteiger partial charge in [-0.3, -0.25) is 0 Å². The van der Waals surface area contributed by atoms with Gasteiger partial charge in [-0.2, -0.15) is 30.7 Å². The van der Waals surface area contributed by atoms with Crippen LogP contribution in [0.3, 0.4) is 0 Å². The first-order valence-electron chi connectivity index (χ1n) is 10.6. The monoisotopic (exact) mass is 517 g/mol. The molecule has 0 saturated heterocycles. The molecule has 36 heavy (non-hydrogen) atoms. The van der Waals surface area contributed by atoms with Crippen molar-refractivity contribution in [2.24, 2.45) is 0 Å². The Morgan fingerprint density at radius 3 is 1.92 bits per heavy atom. The number of benzene rings is 3. The third-order valence-electron chi connectivity index (χ3n) is 5.04. The van der Waals surface area contributed by atoms with Gasteiger partial charge in [-0.1, -0.05) is 42.0 Å². The highest BCUT2D eigenvalue weighted by molar-refractivity contribution is 5.41. The van der Waals surface area contributed by atoms with Crippen LogP contribution in [0.25, 0.3) is 0 Å². The molecule has 194 valence electrons. The topological polar surface area (TPSA) is 50.7 Å². The second kappa shape index (κ2) is 11.2. The Morgan fingerprint density at radius 2 is 1.36 bits per heavy atom. The molecule has 11 heteroatoms. The molecule has 2 unspecified atom stereocenters. The third-order valence-corrected chi connectivity index (χ3v) is 5.04. The van der Waals surface area contributed by atoms with E-state index in [-0.39, 0.29) is 5.56 Å². The molecule has 0 aliphatic rings. The van der Waals surface area contributed by atoms with E-state index in [9.17, 15) is 35.8 Å². The fourth-order valence-corrected chi connectivity index (χ4v) is 3.23. The molecule has 0 fully saturated rings. The van der Waals surface area contributed by atoms with Crippen LogP contribution in [0.2, 0.25) is 0 Å². The lowest BCUT2D eigenvalue weighted by molar-refractivity contribution is -0.253. The van der Waals surface area contributed by atoms with Crippen molar-refractivity contribution in [2.45, 2.75) is 37.8 Å². The number of alkyl halides is 7. The molecule has 0 saturated carbocycles. The zero-order chi connectivity index (χ0) is 26.5. The highest BCUT2D eigenvalue weighted by atomic mass is 19.4. The first-order valence-corrected chi connectivity index (χ1v) is 10.6. The van der Waals surface area contributed by atoms with Gasteiger partial charge in [-0.15, -0.1) is 0 Å². The summed E-state index contributed by atoms with van der Waals surface area (Å²) in [5.74, 6) is 0.212. The Kier molecular flexibility index (Phi) is 8.47. The van der Waals surface area contributed by atoms with Gasteiger partial charge in [-0.25, -0.2) is 0 Å². The van der Waals surface area contributed by atoms with E-state index < -0.39 is 43.2 Å². The van der Waals surface area contributed by atoms with Crippen molar-refractivity contribution in [3.8, 4) is 17.2 Å². The average molecular weight is 517 g/mol. The lowest BCUT2D eigenvalue weighted by Gasteiger charge is -2.24. The molecule has 0 aliphatic heterocycles. The Bertz CT molecular complexity index is 1140. The van der Waals surface area contributed by atoms with E-state index in [1.54, 1.807) is 30.3 Å². The number of aryl methyl sites for hydroxylation is 1. The number of aliphatic hydroxyl groups excluding tert-OH is 1. The Morgan fingerprint density at radius 1 is 0.806 bits per heavy atom. The number of nitrogens with one attached hydrogen (secondary N) is 1. The van der Waals surface area contributed by atoms with E-state index in [1.165, 1.54) is 18.2 Å². The fourth-order valence-electron chi connectivity index (χ4n) is 3.23. The molecule has 0 amide bonds. The van der Waals surface area contributed by atoms with Crippen molar-refractivity contribution in [3.63, 3.8) is 0 Å². The zero-order valence-electron chi connectivity index (χ0n) is 18.8. The number of rotatable bonds is 10. The first kappa shape index (κ1) is 27.3. The van der Waals surface area contributed by atoms with Crippen LogP contribution < -0.4 is 14.8 Å². The molecule has 0 radical (unpaired) electrons. The average Bonchev–Trinajstić information content (AvgIpc) is 2.80. The van der Waals surface area contributed by atoms with Crippen LogP contribution in [-0.4, -0.2) is 36.5 Å². The summed E-state index contributed by atoms with van der Waals surface area (Å²) in [7, 11) is 0. The van der Waals surface area contributed by atoms with Gasteiger partial charge in [0, 0.05) is 6.54 Å². The number of hydrogen-bond acceptors (Lipinski definition) is 4. The predicted octanol–water partition coefficient (Wildman–Crippen LogP) is 6.63. The van der Waals surface area contributed by atoms with Crippen molar-refractivity contribution in [1.29, 1.82) is 0 Å². The molecular formula is C25H22F7NO3. The summed E-state index contributed by atoms with van der Waals surface area (Å²) in [6.07, 6.45) is -16.5. The molecule has 0 spiro atoms. The van der Waals surface area contributed by atoms with Crippen molar-refractivity contribution >= 4 is 0 Å². The van der Waals surface area contributed by atoms with Gasteiger partial charge >= 0.3 is 18.7 Å². The van der Waals surface area contributed by atoms with Gasteiger partial charge in [0.1, 0.15) is 17.2 Å². The van der Waals surface area contributed by atoms with E-state index in [0.717, 1.165) is 17.7 Å². The van der Waals surface area contributed by atoms with Crippen molar-refractivity contribution in [2.75, 3.05) is 6.54 Å². The second-order valence-electron chi connectivity index (χ2n) is 7.92. The summed E-state index contributed by atoms with van der Waals surface area (Å²) in [4.78, 5) is 0. The maximum Gasteiger partial charge on any atom is 0.461 e. The van der Waals surface area contributed by atoms with Crippen molar-refractivity contribution in [1.82, 2.24) is 5.32 Å². The molecule has 2 N–H and O–H groups in total. The molecule has 0 aliphatic carbocycles. The number of ether oxygens (including phenoxy) is 2. The van der Waals surface area contributed by atoms with Crippen LogP contribution in [0.15, 0.2) is 72.8 Å². The highest BCUT2D eigenvalue weighted by Gasteiger charge is 2.44. The van der Waals surface area contributed by atoms with Gasteiger partial charge < -0.3 is 19.9 Å². The van der Waals surface area contributed by atoms with Crippen LogP contribution >= 0.6 is 0 Å². The van der Waals surface area contributed by atoms with Gasteiger partial charge in [0.2, 0.25) is 0 Å². The van der Waals surface area contributed by atoms with E-state index in [2.05, 4.69) is 10.1 Å². The van der Waals surface area contributed by atoms with Crippen molar-refractivity contribution in [3.05, 3.63) is 89.5 Å². The van der Waals surface area contributed by atoms with Gasteiger partial charge in [-0.05, 0) is 54.4 Å². The van der Waals surface area contributed by atoms with Crippen LogP contribution in [0.4, 0.5) is 30.7 Å². The fraction of sp³-hybridized carbons (Fsp3) is 0.280. The molecule has 0 heterocycles. The molecule has 0 bridgehead atoms. The summed E-state index contributed by atoms with van der Waals surface area (Å²) < 4.78 is 100. The van der Waals surface area contributed by atoms with E-state index in [4.69, 9.17) is 4.74 Å². The van der Waals surface area contributed by atoms with Gasteiger partial charge in [0.05, 0.1) is 6.04 Å². The molecule has 4 nitrogen and oxygen atoms in total. The number of hydrogen-bond donors (Lipinski definition) is 2. The van der Waals surface area contributed by atoms with Crippen LogP contribution in [0.5, 0.6) is 17.2 Å². The van der Waals surface area contributed by atoms with E-state index in [0.29, 0.717) is 17.1 Å². The molecule has 2 atom stereocenters. The van der Waals surface area contributed by atoms with Gasteiger partial charge in [0.25, 0.3) is 0 Å². The Balaban J connectivity index is 1.93. The summed E-state index contributed by atoms with van der Waals surface area (Å²) in [6, 6.07) is 16.9. The molecule has 3 rings (SSSR count). The van der Waals surface area contributed by atoms with Gasteiger partial charge in [0.15, 0.2) is 6.10 Å². The van der Waals surface area contributed by atoms with E-state index in [1.807, 2.05) is 19.1 Å². The Labute approximate surface area is 202 Å². The summed E-state index contributed by atoms with van der Waals surface area (Å²) in [5, 5.41) is 12.0. The minimum absolute atomic E-state index is 0.124. The summed E-state index contributed by atoms with van der Waals surface area (Å²) in [5.41, 5.74) is 1.48. The van der Waals surface area contributed by atoms with E-state index >= 15 is 0 Å². The standard InChI is InChI=1S/C25H22F7NO3/c1-15-8-10-18(11-9-15)35-19-6-2-4-16(12-19)22(33-14-21(34)24(28,29)30)17-5-3-7-20(13-17)36-25(31,32)23(26)27/h2-13,21-23,33-34H,14H2,1H3. The minimum atomic E-state index is -4.90. The summed E-state index contributed by atoms with van der Waals surface area (Å²) in [6.45, 7) is 0.959. The lowest BCUT2D eigenvalue weighted by atomic mass is 9.98. The maximum atomic E-state index is 13.4. The molecule has 0 aromatic heterocycles. The third kappa shape index (κ3) is 7.34. The second-order valence-corrected chi connectivity index (χ2v) is 7.92. The molecule has 3 aromatic carbocycles. The SMILES string of the molecule is Cc1ccc(Oc2cccc(C(NCC(O)C(F)(F)F)c3cccc(OC(F)(F)C(F)F)c3)c2)cc1. The predicted molar refractivity (Wildman–Crippen MR) is 118 cm³/mol. The quantitative estimate of drug-likeness (QED) is 0.297. The molecule has 3 aromatic rings. The van der Waals surface area contributed by atoms with Crippen molar-refractivity contribution < 1.29 is 45.3 Å². The lowest BCUT2D eigenvalue weighted by Crippen LogP contribution is -2.40.